The highest BCUT2D eigenvalue weighted by Crippen LogP contribution is 2.21. The zero-order chi connectivity index (χ0) is 14.5. The molecule has 0 aliphatic heterocycles. The van der Waals surface area contributed by atoms with Crippen molar-refractivity contribution in [3.63, 3.8) is 0 Å². The largest absolute Gasteiger partial charge is 0.507 e. The van der Waals surface area contributed by atoms with Crippen LogP contribution < -0.4 is 5.32 Å². The summed E-state index contributed by atoms with van der Waals surface area (Å²) in [4.78, 5) is 11.9. The topological polar surface area (TPSA) is 69.6 Å². The standard InChI is InChI=1S/C15H14ClNO3/c16-12-5-6-14(19)13(7-12)15(20)17-8-10-1-3-11(9-18)4-2-10/h1-7,18-19H,8-9H2,(H,17,20). The Hall–Kier alpha value is -2.04. The molecule has 0 spiro atoms. The summed E-state index contributed by atoms with van der Waals surface area (Å²) >= 11 is 5.80. The summed E-state index contributed by atoms with van der Waals surface area (Å²) in [5.74, 6) is -0.501. The molecule has 2 aromatic carbocycles. The van der Waals surface area contributed by atoms with Gasteiger partial charge >= 0.3 is 0 Å². The van der Waals surface area contributed by atoms with Gasteiger partial charge in [-0.25, -0.2) is 0 Å². The van der Waals surface area contributed by atoms with Gasteiger partial charge in [0.25, 0.3) is 5.91 Å². The number of aromatic hydroxyl groups is 1. The number of nitrogens with one attached hydrogen (secondary N) is 1. The van der Waals surface area contributed by atoms with Crippen molar-refractivity contribution in [3.8, 4) is 5.75 Å². The second kappa shape index (κ2) is 6.41. The van der Waals surface area contributed by atoms with Gasteiger partial charge in [0.15, 0.2) is 0 Å². The van der Waals surface area contributed by atoms with E-state index >= 15 is 0 Å². The van der Waals surface area contributed by atoms with Crippen molar-refractivity contribution in [2.75, 3.05) is 0 Å². The second-order valence-corrected chi connectivity index (χ2v) is 4.76. The van der Waals surface area contributed by atoms with Crippen LogP contribution in [0.2, 0.25) is 5.02 Å². The third-order valence-corrected chi connectivity index (χ3v) is 3.10. The Kier molecular flexibility index (Phi) is 4.61. The minimum absolute atomic E-state index is 0.0109. The molecule has 0 bridgehead atoms. The molecule has 1 amide bonds. The first-order valence-electron chi connectivity index (χ1n) is 6.05. The number of benzene rings is 2. The number of aliphatic hydroxyl groups excluding tert-OH is 1. The molecular weight excluding hydrogens is 278 g/mol. The Morgan fingerprint density at radius 3 is 2.40 bits per heavy atom. The molecule has 0 saturated carbocycles. The average molecular weight is 292 g/mol. The number of rotatable bonds is 4. The molecule has 5 heteroatoms. The van der Waals surface area contributed by atoms with Crippen molar-refractivity contribution in [2.24, 2.45) is 0 Å². The highest BCUT2D eigenvalue weighted by Gasteiger charge is 2.11. The maximum Gasteiger partial charge on any atom is 0.255 e. The monoisotopic (exact) mass is 291 g/mol. The van der Waals surface area contributed by atoms with E-state index in [1.54, 1.807) is 12.1 Å². The first-order valence-corrected chi connectivity index (χ1v) is 6.43. The van der Waals surface area contributed by atoms with Crippen LogP contribution in [-0.4, -0.2) is 16.1 Å². The predicted molar refractivity (Wildman–Crippen MR) is 76.7 cm³/mol. The Balaban J connectivity index is 2.02. The first-order chi connectivity index (χ1) is 9.60. The number of phenols is 1. The SMILES string of the molecule is O=C(NCc1ccc(CO)cc1)c1cc(Cl)ccc1O. The van der Waals surface area contributed by atoms with Gasteiger partial charge in [0.2, 0.25) is 0 Å². The van der Waals surface area contributed by atoms with Gasteiger partial charge in [0.1, 0.15) is 5.75 Å². The minimum Gasteiger partial charge on any atom is -0.507 e. The molecule has 4 nitrogen and oxygen atoms in total. The zero-order valence-electron chi connectivity index (χ0n) is 10.6. The maximum atomic E-state index is 11.9. The number of halogens is 1. The second-order valence-electron chi connectivity index (χ2n) is 4.32. The predicted octanol–water partition coefficient (Wildman–Crippen LogP) is 2.47. The summed E-state index contributed by atoms with van der Waals surface area (Å²) in [6.07, 6.45) is 0. The molecule has 0 aromatic heterocycles. The van der Waals surface area contributed by atoms with Crippen LogP contribution in [0.1, 0.15) is 21.5 Å². The fourth-order valence-corrected chi connectivity index (χ4v) is 1.90. The summed E-state index contributed by atoms with van der Waals surface area (Å²) in [6, 6.07) is 11.5. The van der Waals surface area contributed by atoms with Gasteiger partial charge in [-0.2, -0.15) is 0 Å². The van der Waals surface area contributed by atoms with Crippen LogP contribution in [-0.2, 0) is 13.2 Å². The first kappa shape index (κ1) is 14.4. The van der Waals surface area contributed by atoms with E-state index in [4.69, 9.17) is 16.7 Å². The van der Waals surface area contributed by atoms with Crippen molar-refractivity contribution in [3.05, 3.63) is 64.2 Å². The number of aliphatic hydroxyl groups is 1. The molecule has 0 aliphatic rings. The molecular formula is C15H14ClNO3. The van der Waals surface area contributed by atoms with Gasteiger partial charge in [0, 0.05) is 11.6 Å². The van der Waals surface area contributed by atoms with E-state index in [1.165, 1.54) is 18.2 Å². The Morgan fingerprint density at radius 2 is 1.75 bits per heavy atom. The van der Waals surface area contributed by atoms with E-state index in [1.807, 2.05) is 12.1 Å². The summed E-state index contributed by atoms with van der Waals surface area (Å²) in [6.45, 7) is 0.319. The lowest BCUT2D eigenvalue weighted by Gasteiger charge is -2.08. The lowest BCUT2D eigenvalue weighted by atomic mass is 10.1. The number of carbonyl (C=O) groups is 1. The minimum atomic E-state index is -0.392. The normalized spacial score (nSPS) is 10.3. The van der Waals surface area contributed by atoms with Gasteiger partial charge in [-0.05, 0) is 29.3 Å². The number of hydrogen-bond acceptors (Lipinski definition) is 3. The molecule has 0 saturated heterocycles. The quantitative estimate of drug-likeness (QED) is 0.810. The van der Waals surface area contributed by atoms with Gasteiger partial charge in [-0.3, -0.25) is 4.79 Å². The molecule has 0 heterocycles. The number of amides is 1. The molecule has 0 aliphatic carbocycles. The number of carbonyl (C=O) groups excluding carboxylic acids is 1. The van der Waals surface area contributed by atoms with Crippen LogP contribution in [0.15, 0.2) is 42.5 Å². The van der Waals surface area contributed by atoms with Crippen molar-refractivity contribution in [2.45, 2.75) is 13.2 Å². The Bertz CT molecular complexity index is 611. The molecule has 0 unspecified atom stereocenters. The summed E-state index contributed by atoms with van der Waals surface area (Å²) in [5.41, 5.74) is 1.86. The average Bonchev–Trinajstić information content (AvgIpc) is 2.47. The number of hydrogen-bond donors (Lipinski definition) is 3. The molecule has 2 aromatic rings. The van der Waals surface area contributed by atoms with Crippen LogP contribution in [0.3, 0.4) is 0 Å². The van der Waals surface area contributed by atoms with E-state index < -0.39 is 5.91 Å². The highest BCUT2D eigenvalue weighted by molar-refractivity contribution is 6.31. The fraction of sp³-hybridized carbons (Fsp3) is 0.133. The molecule has 3 N–H and O–H groups in total. The summed E-state index contributed by atoms with van der Waals surface area (Å²) < 4.78 is 0. The van der Waals surface area contributed by atoms with E-state index in [-0.39, 0.29) is 17.9 Å². The van der Waals surface area contributed by atoms with Gasteiger partial charge in [-0.15, -0.1) is 0 Å². The molecule has 104 valence electrons. The third-order valence-electron chi connectivity index (χ3n) is 2.86. The summed E-state index contributed by atoms with van der Waals surface area (Å²) in [7, 11) is 0. The van der Waals surface area contributed by atoms with Gasteiger partial charge in [-0.1, -0.05) is 35.9 Å². The Morgan fingerprint density at radius 1 is 1.10 bits per heavy atom. The molecule has 0 radical (unpaired) electrons. The van der Waals surface area contributed by atoms with E-state index in [2.05, 4.69) is 5.32 Å². The lowest BCUT2D eigenvalue weighted by molar-refractivity contribution is 0.0948. The van der Waals surface area contributed by atoms with Gasteiger partial charge in [0.05, 0.1) is 12.2 Å². The Labute approximate surface area is 121 Å². The number of phenolic OH excluding ortho intramolecular Hbond substituents is 1. The van der Waals surface area contributed by atoms with E-state index in [0.717, 1.165) is 11.1 Å². The lowest BCUT2D eigenvalue weighted by Crippen LogP contribution is -2.22. The van der Waals surface area contributed by atoms with Crippen LogP contribution in [0.25, 0.3) is 0 Å². The third kappa shape index (κ3) is 3.50. The fourth-order valence-electron chi connectivity index (χ4n) is 1.73. The van der Waals surface area contributed by atoms with Crippen molar-refractivity contribution in [1.29, 1.82) is 0 Å². The van der Waals surface area contributed by atoms with E-state index in [9.17, 15) is 9.90 Å². The summed E-state index contributed by atoms with van der Waals surface area (Å²) in [5, 5.41) is 21.7. The molecule has 2 rings (SSSR count). The van der Waals surface area contributed by atoms with Gasteiger partial charge < -0.3 is 15.5 Å². The van der Waals surface area contributed by atoms with Crippen molar-refractivity contribution >= 4 is 17.5 Å². The van der Waals surface area contributed by atoms with E-state index in [0.29, 0.717) is 11.6 Å². The molecule has 0 fully saturated rings. The van der Waals surface area contributed by atoms with Crippen LogP contribution in [0.5, 0.6) is 5.75 Å². The zero-order valence-corrected chi connectivity index (χ0v) is 11.4. The smallest absolute Gasteiger partial charge is 0.255 e. The maximum absolute atomic E-state index is 11.9. The highest BCUT2D eigenvalue weighted by atomic mass is 35.5. The van der Waals surface area contributed by atoms with Crippen LogP contribution >= 0.6 is 11.6 Å². The van der Waals surface area contributed by atoms with Crippen LogP contribution in [0, 0.1) is 0 Å². The molecule has 20 heavy (non-hydrogen) atoms. The van der Waals surface area contributed by atoms with Crippen molar-refractivity contribution in [1.82, 2.24) is 5.32 Å². The van der Waals surface area contributed by atoms with Crippen LogP contribution in [0.4, 0.5) is 0 Å². The van der Waals surface area contributed by atoms with Crippen molar-refractivity contribution < 1.29 is 15.0 Å². The molecule has 0 atom stereocenters.